The summed E-state index contributed by atoms with van der Waals surface area (Å²) in [5, 5.41) is 0. The molecule has 7 aliphatic rings. The van der Waals surface area contributed by atoms with Crippen LogP contribution < -0.4 is 0 Å². The van der Waals surface area contributed by atoms with Crippen molar-refractivity contribution in [2.45, 2.75) is 118 Å². The Kier molecular flexibility index (Phi) is 13.9. The standard InChI is InChI=1S/C60H62.2BF4/c1-57(2,3)45-13-21-49-37-29-38(50(49)22-14-45)34-40-31-42(54-26-18-47(59(7,8)9)16-24-52(40)54)36-44-32-43(55-27-19-48(60(10,11)12)20-28-56(44)55)35-41-30-39(33-37)51-23-15-46(58(4,5)6)17-25-53(41)51;2*2-1(3,4)5/h13-33,36H,34-35H2,1-12H3;;/q+2;2*-1/b37-33+,42-36+;;. The maximum Gasteiger partial charge on any atom is 0.673 e. The molecule has 0 atom stereocenters. The first kappa shape index (κ1) is 51.9. The van der Waals surface area contributed by atoms with Crippen molar-refractivity contribution in [1.29, 1.82) is 0 Å². The van der Waals surface area contributed by atoms with Crippen molar-refractivity contribution in [2.24, 2.45) is 0 Å². The summed E-state index contributed by atoms with van der Waals surface area (Å²) in [6.45, 7) is 27.8. The summed E-state index contributed by atoms with van der Waals surface area (Å²) in [5.41, 5.74) is 26.8. The van der Waals surface area contributed by atoms with Gasteiger partial charge in [0.15, 0.2) is 0 Å². The summed E-state index contributed by atoms with van der Waals surface area (Å²) < 4.78 is 78.0. The first-order valence-electron chi connectivity index (χ1n) is 23.9. The Hall–Kier alpha value is -5.89. The van der Waals surface area contributed by atoms with Crippen LogP contribution in [-0.2, 0) is 28.1 Å². The van der Waals surface area contributed by atoms with Crippen LogP contribution in [0.25, 0.3) is 56.7 Å². The molecular formula is C60H62B2F8. The van der Waals surface area contributed by atoms with E-state index in [0.717, 1.165) is 12.8 Å². The van der Waals surface area contributed by atoms with Crippen LogP contribution in [0.1, 0.15) is 156 Å². The first-order valence-corrected chi connectivity index (χ1v) is 23.9. The zero-order chi connectivity index (χ0) is 51.5. The number of fused-ring (bicyclic) bond motifs is 18. The Morgan fingerprint density at radius 2 is 0.800 bits per heavy atom. The minimum Gasteiger partial charge on any atom is -0.418 e. The highest BCUT2D eigenvalue weighted by atomic mass is 19.5. The van der Waals surface area contributed by atoms with Crippen molar-refractivity contribution in [3.63, 3.8) is 0 Å². The Labute approximate surface area is 409 Å². The molecule has 0 fully saturated rings. The summed E-state index contributed by atoms with van der Waals surface area (Å²) in [5.74, 6) is 0. The third-order valence-electron chi connectivity index (χ3n) is 13.4. The number of allylic oxidation sites excluding steroid dienone is 6. The SMILES string of the molecule is CC(C)(C)c1ccc2c3cc(c-2cc1)Cc1cc(c2ccc(C(C)(C)C)ccc1-2)/C=C1\C=C(CC2=C/C(=C\3)c3cc[c+](C(C)(C)C)ccc32)c2c[cH+]c(C(C)(C)C)ccc21.F[B-](F)(F)F.F[B-](F)(F)F. The summed E-state index contributed by atoms with van der Waals surface area (Å²) in [4.78, 5) is 0. The summed E-state index contributed by atoms with van der Waals surface area (Å²) in [6.07, 6.45) is 11.7. The molecule has 0 saturated carbocycles. The molecule has 0 spiro atoms. The molecule has 364 valence electrons. The van der Waals surface area contributed by atoms with Crippen molar-refractivity contribution < 1.29 is 34.5 Å². The molecule has 0 heterocycles. The second kappa shape index (κ2) is 18.7. The van der Waals surface area contributed by atoms with E-state index < -0.39 is 14.5 Å². The lowest BCUT2D eigenvalue weighted by Crippen LogP contribution is -2.09. The van der Waals surface area contributed by atoms with Crippen LogP contribution >= 0.6 is 0 Å². The molecule has 70 heavy (non-hydrogen) atoms. The summed E-state index contributed by atoms with van der Waals surface area (Å²) >= 11 is 0. The molecule has 8 bridgehead atoms. The molecule has 0 saturated heterocycles. The lowest BCUT2D eigenvalue weighted by atomic mass is 9.88. The van der Waals surface area contributed by atoms with Gasteiger partial charge in [-0.1, -0.05) is 123 Å². The Morgan fingerprint density at radius 3 is 1.21 bits per heavy atom. The molecule has 0 nitrogen and oxygen atoms in total. The normalized spacial score (nSPS) is 16.3. The highest BCUT2D eigenvalue weighted by Crippen LogP contribution is 2.48. The van der Waals surface area contributed by atoms with Crippen LogP contribution in [0.2, 0.25) is 0 Å². The van der Waals surface area contributed by atoms with Gasteiger partial charge in [0.1, 0.15) is 0 Å². The van der Waals surface area contributed by atoms with E-state index in [1.54, 1.807) is 0 Å². The Morgan fingerprint density at radius 1 is 0.414 bits per heavy atom. The smallest absolute Gasteiger partial charge is 0.418 e. The molecule has 9 rings (SSSR count). The van der Waals surface area contributed by atoms with Gasteiger partial charge >= 0.3 is 14.5 Å². The van der Waals surface area contributed by atoms with Crippen molar-refractivity contribution in [1.82, 2.24) is 0 Å². The average molecular weight is 957 g/mol. The molecule has 2 aromatic rings. The lowest BCUT2D eigenvalue weighted by Gasteiger charge is -2.17. The van der Waals surface area contributed by atoms with E-state index in [0.29, 0.717) is 0 Å². The van der Waals surface area contributed by atoms with Crippen LogP contribution in [0, 0.1) is 0 Å². The number of halogens is 8. The third-order valence-corrected chi connectivity index (χ3v) is 13.4. The fraction of sp³-hybridized carbons (Fsp3) is 0.300. The molecular weight excluding hydrogens is 894 g/mol. The van der Waals surface area contributed by atoms with Gasteiger partial charge < -0.3 is 34.5 Å². The predicted octanol–water partition coefficient (Wildman–Crippen LogP) is 19.1. The van der Waals surface area contributed by atoms with Crippen LogP contribution in [0.3, 0.4) is 0 Å². The van der Waals surface area contributed by atoms with Crippen molar-refractivity contribution in [2.75, 3.05) is 0 Å². The summed E-state index contributed by atoms with van der Waals surface area (Å²) in [7, 11) is -12.0. The highest BCUT2D eigenvalue weighted by molar-refractivity contribution is 6.50. The van der Waals surface area contributed by atoms with Crippen molar-refractivity contribution >= 4 is 49.0 Å². The lowest BCUT2D eigenvalue weighted by molar-refractivity contribution is 0.366. The molecule has 0 unspecified atom stereocenters. The van der Waals surface area contributed by atoms with Gasteiger partial charge in [0.2, 0.25) is 0 Å². The Bertz CT molecular complexity index is 2840. The van der Waals surface area contributed by atoms with E-state index in [1.165, 1.54) is 111 Å². The monoisotopic (exact) mass is 956 g/mol. The number of hydrogen-bond donors (Lipinski definition) is 0. The fourth-order valence-electron chi connectivity index (χ4n) is 9.63. The quantitative estimate of drug-likeness (QED) is 0.0809. The van der Waals surface area contributed by atoms with Gasteiger partial charge in [-0.3, -0.25) is 0 Å². The second-order valence-electron chi connectivity index (χ2n) is 22.9. The van der Waals surface area contributed by atoms with E-state index in [-0.39, 0.29) is 21.7 Å². The van der Waals surface area contributed by atoms with Gasteiger partial charge in [-0.15, -0.1) is 0 Å². The largest absolute Gasteiger partial charge is 0.673 e. The topological polar surface area (TPSA) is 0 Å². The van der Waals surface area contributed by atoms with Gasteiger partial charge in [0, 0.05) is 53.2 Å². The van der Waals surface area contributed by atoms with Crippen molar-refractivity contribution in [3.8, 4) is 22.3 Å². The van der Waals surface area contributed by atoms with E-state index in [9.17, 15) is 34.5 Å². The molecule has 0 N–H and O–H groups in total. The third kappa shape index (κ3) is 12.2. The maximum atomic E-state index is 9.75. The summed E-state index contributed by atoms with van der Waals surface area (Å²) in [6, 6.07) is 43.1. The van der Waals surface area contributed by atoms with E-state index in [2.05, 4.69) is 217 Å². The van der Waals surface area contributed by atoms with E-state index >= 15 is 0 Å². The van der Waals surface area contributed by atoms with Gasteiger partial charge in [-0.2, -0.15) is 0 Å². The molecule has 0 amide bonds. The van der Waals surface area contributed by atoms with Crippen LogP contribution in [0.4, 0.5) is 34.5 Å². The van der Waals surface area contributed by atoms with Crippen LogP contribution in [0.15, 0.2) is 121 Å². The van der Waals surface area contributed by atoms with Crippen LogP contribution in [0.5, 0.6) is 0 Å². The first-order chi connectivity index (χ1) is 32.2. The van der Waals surface area contributed by atoms with Crippen LogP contribution in [-0.4, -0.2) is 14.5 Å². The number of rotatable bonds is 0. The van der Waals surface area contributed by atoms with E-state index in [4.69, 9.17) is 0 Å². The molecule has 0 radical (unpaired) electrons. The van der Waals surface area contributed by atoms with Crippen molar-refractivity contribution in [3.05, 3.63) is 188 Å². The highest BCUT2D eigenvalue weighted by Gasteiger charge is 2.32. The Balaban J connectivity index is 0.000000658. The molecule has 0 aliphatic heterocycles. The minimum absolute atomic E-state index is 0.0470. The fourth-order valence-corrected chi connectivity index (χ4v) is 9.63. The number of hydrogen-bond acceptors (Lipinski definition) is 0. The zero-order valence-corrected chi connectivity index (χ0v) is 42.3. The average Bonchev–Trinajstić information content (AvgIpc) is 3.58. The minimum atomic E-state index is -6.00. The second-order valence-corrected chi connectivity index (χ2v) is 22.9. The molecule has 10 heteroatoms. The zero-order valence-electron chi connectivity index (χ0n) is 42.3. The van der Waals surface area contributed by atoms with Gasteiger partial charge in [-0.25, -0.2) is 0 Å². The predicted molar refractivity (Wildman–Crippen MR) is 282 cm³/mol. The van der Waals surface area contributed by atoms with Gasteiger partial charge in [0.05, 0.1) is 51.6 Å². The van der Waals surface area contributed by atoms with Gasteiger partial charge in [-0.05, 0) is 135 Å². The molecule has 0 aromatic heterocycles. The van der Waals surface area contributed by atoms with E-state index in [1.807, 2.05) is 0 Å². The molecule has 7 aliphatic carbocycles. The van der Waals surface area contributed by atoms with Gasteiger partial charge in [0.25, 0.3) is 0 Å². The maximum absolute atomic E-state index is 9.75. The molecule has 2 aromatic carbocycles.